The quantitative estimate of drug-likeness (QED) is 0.422. The molecule has 0 radical (unpaired) electrons. The zero-order valence-electron chi connectivity index (χ0n) is 10.3. The minimum atomic E-state index is -0.718. The summed E-state index contributed by atoms with van der Waals surface area (Å²) in [7, 11) is 0. The number of hydrogen-bond acceptors (Lipinski definition) is 8. The van der Waals surface area contributed by atoms with Crippen LogP contribution in [0.1, 0.15) is 24.5 Å². The highest BCUT2D eigenvalue weighted by atomic mass is 32.2. The number of hydrazine groups is 1. The number of rotatable bonds is 5. The van der Waals surface area contributed by atoms with E-state index in [0.29, 0.717) is 0 Å². The van der Waals surface area contributed by atoms with Gasteiger partial charge in [-0.15, -0.1) is 5.10 Å². The Hall–Kier alpha value is -2.10. The van der Waals surface area contributed by atoms with Gasteiger partial charge in [0.2, 0.25) is 11.8 Å². The second-order valence-electron chi connectivity index (χ2n) is 3.11. The first-order valence-corrected chi connectivity index (χ1v) is 6.20. The van der Waals surface area contributed by atoms with Crippen molar-refractivity contribution in [3.8, 4) is 0 Å². The Morgan fingerprint density at radius 2 is 2.05 bits per heavy atom. The van der Waals surface area contributed by atoms with Crippen LogP contribution >= 0.6 is 11.8 Å². The van der Waals surface area contributed by atoms with Gasteiger partial charge >= 0.3 is 11.9 Å². The molecule has 1 heterocycles. The summed E-state index contributed by atoms with van der Waals surface area (Å²) in [6.07, 6.45) is 0. The highest BCUT2D eigenvalue weighted by Gasteiger charge is 2.16. The third kappa shape index (κ3) is 5.38. The molecule has 1 rings (SSSR count). The van der Waals surface area contributed by atoms with Crippen LogP contribution in [0.5, 0.6) is 0 Å². The fourth-order valence-electron chi connectivity index (χ4n) is 0.865. The Bertz CT molecular complexity index is 475. The molecule has 0 atom stereocenters. The Kier molecular flexibility index (Phi) is 5.79. The fourth-order valence-corrected chi connectivity index (χ4v) is 1.43. The first-order valence-electron chi connectivity index (χ1n) is 5.21. The molecule has 19 heavy (non-hydrogen) atoms. The maximum absolute atomic E-state index is 11.2. The number of hydrogen-bond donors (Lipinski definition) is 2. The third-order valence-corrected chi connectivity index (χ3v) is 2.38. The minimum absolute atomic E-state index is 0.0509. The molecular weight excluding hydrogens is 276 g/mol. The summed E-state index contributed by atoms with van der Waals surface area (Å²) in [5, 5.41) is 7.09. The largest absolute Gasteiger partial charge is 0.459 e. The molecule has 0 aliphatic rings. The van der Waals surface area contributed by atoms with Crippen molar-refractivity contribution in [3.63, 3.8) is 0 Å². The Labute approximate surface area is 112 Å². The van der Waals surface area contributed by atoms with E-state index in [1.807, 2.05) is 0 Å². The van der Waals surface area contributed by atoms with Crippen LogP contribution in [0.3, 0.4) is 0 Å². The van der Waals surface area contributed by atoms with Crippen molar-refractivity contribution in [3.05, 3.63) is 5.89 Å². The fraction of sp³-hybridized carbons (Fsp3) is 0.444. The molecule has 0 aliphatic heterocycles. The number of nitrogens with one attached hydrogen (secondary N) is 2. The highest BCUT2D eigenvalue weighted by Crippen LogP contribution is 2.15. The highest BCUT2D eigenvalue weighted by molar-refractivity contribution is 7.99. The van der Waals surface area contributed by atoms with Gasteiger partial charge in [-0.05, 0) is 6.92 Å². The maximum Gasteiger partial charge on any atom is 0.396 e. The van der Waals surface area contributed by atoms with Crippen LogP contribution in [0.2, 0.25) is 0 Å². The number of carbonyl (C=O) groups excluding carboxylic acids is 3. The molecule has 0 spiro atoms. The zero-order chi connectivity index (χ0) is 14.3. The number of esters is 1. The maximum atomic E-state index is 11.2. The lowest BCUT2D eigenvalue weighted by molar-refractivity contribution is -0.126. The van der Waals surface area contributed by atoms with Crippen molar-refractivity contribution >= 4 is 29.5 Å². The summed E-state index contributed by atoms with van der Waals surface area (Å²) >= 11 is 0.925. The van der Waals surface area contributed by atoms with Gasteiger partial charge in [-0.1, -0.05) is 16.9 Å². The summed E-state index contributed by atoms with van der Waals surface area (Å²) in [5.74, 6) is -1.88. The van der Waals surface area contributed by atoms with E-state index in [4.69, 9.17) is 4.42 Å². The zero-order valence-corrected chi connectivity index (χ0v) is 11.1. The van der Waals surface area contributed by atoms with Crippen molar-refractivity contribution < 1.29 is 23.5 Å². The smallest absolute Gasteiger partial charge is 0.396 e. The van der Waals surface area contributed by atoms with E-state index in [9.17, 15) is 14.4 Å². The number of thioether (sulfide) groups is 1. The number of amides is 2. The van der Waals surface area contributed by atoms with Crippen molar-refractivity contribution in [2.75, 3.05) is 12.4 Å². The van der Waals surface area contributed by atoms with Crippen LogP contribution in [0.15, 0.2) is 9.64 Å². The van der Waals surface area contributed by atoms with Gasteiger partial charge in [0.25, 0.3) is 5.22 Å². The average Bonchev–Trinajstić information content (AvgIpc) is 2.83. The van der Waals surface area contributed by atoms with Gasteiger partial charge in [-0.2, -0.15) is 0 Å². The molecule has 9 nitrogen and oxygen atoms in total. The predicted octanol–water partition coefficient (Wildman–Crippen LogP) is -0.494. The van der Waals surface area contributed by atoms with E-state index in [0.717, 1.165) is 11.8 Å². The Morgan fingerprint density at radius 3 is 2.68 bits per heavy atom. The van der Waals surface area contributed by atoms with Gasteiger partial charge < -0.3 is 9.15 Å². The van der Waals surface area contributed by atoms with Crippen molar-refractivity contribution in [1.29, 1.82) is 0 Å². The van der Waals surface area contributed by atoms with Gasteiger partial charge in [0.15, 0.2) is 0 Å². The topological polar surface area (TPSA) is 123 Å². The SMILES string of the molecule is CCOC(=O)c1nnc(SCC(=O)NNC(C)=O)o1. The summed E-state index contributed by atoms with van der Waals surface area (Å²) in [6.45, 7) is 3.11. The normalized spacial score (nSPS) is 9.79. The van der Waals surface area contributed by atoms with E-state index < -0.39 is 11.9 Å². The van der Waals surface area contributed by atoms with Gasteiger partial charge in [0.05, 0.1) is 12.4 Å². The number of nitrogens with zero attached hydrogens (tertiary/aromatic N) is 2. The standard InChI is InChI=1S/C9H12N4O5S/c1-3-17-8(16)7-12-13-9(18-7)19-4-6(15)11-10-5(2)14/h3-4H2,1-2H3,(H,10,14)(H,11,15). The molecule has 104 valence electrons. The van der Waals surface area contributed by atoms with E-state index in [1.54, 1.807) is 6.92 Å². The molecule has 0 fully saturated rings. The van der Waals surface area contributed by atoms with Crippen LogP contribution in [-0.4, -0.2) is 40.3 Å². The molecule has 0 aromatic carbocycles. The monoisotopic (exact) mass is 288 g/mol. The molecule has 2 amide bonds. The molecule has 0 bridgehead atoms. The lowest BCUT2D eigenvalue weighted by Gasteiger charge is -2.02. The second kappa shape index (κ2) is 7.36. The van der Waals surface area contributed by atoms with Gasteiger partial charge in [0.1, 0.15) is 0 Å². The molecule has 0 saturated carbocycles. The third-order valence-electron chi connectivity index (χ3n) is 1.56. The van der Waals surface area contributed by atoms with Crippen molar-refractivity contribution in [2.24, 2.45) is 0 Å². The average molecular weight is 288 g/mol. The predicted molar refractivity (Wildman–Crippen MR) is 62.9 cm³/mol. The molecule has 0 saturated heterocycles. The van der Waals surface area contributed by atoms with Crippen LogP contribution in [0.4, 0.5) is 0 Å². The molecule has 1 aromatic heterocycles. The molecule has 10 heteroatoms. The summed E-state index contributed by atoms with van der Waals surface area (Å²) < 4.78 is 9.63. The molecule has 1 aromatic rings. The number of carbonyl (C=O) groups is 3. The molecular formula is C9H12N4O5S. The van der Waals surface area contributed by atoms with Crippen LogP contribution in [-0.2, 0) is 14.3 Å². The van der Waals surface area contributed by atoms with E-state index in [-0.39, 0.29) is 29.4 Å². The van der Waals surface area contributed by atoms with Gasteiger partial charge in [-0.25, -0.2) is 4.79 Å². The van der Waals surface area contributed by atoms with E-state index in [1.165, 1.54) is 6.92 Å². The minimum Gasteiger partial charge on any atom is -0.459 e. The molecule has 0 unspecified atom stereocenters. The number of ether oxygens (including phenoxy) is 1. The summed E-state index contributed by atoms with van der Waals surface area (Å²) in [6, 6.07) is 0. The lowest BCUT2D eigenvalue weighted by atomic mass is 10.7. The van der Waals surface area contributed by atoms with E-state index >= 15 is 0 Å². The second-order valence-corrected chi connectivity index (χ2v) is 4.04. The van der Waals surface area contributed by atoms with Crippen molar-refractivity contribution in [2.45, 2.75) is 19.1 Å². The van der Waals surface area contributed by atoms with Crippen molar-refractivity contribution in [1.82, 2.24) is 21.0 Å². The van der Waals surface area contributed by atoms with E-state index in [2.05, 4.69) is 25.8 Å². The Balaban J connectivity index is 2.39. The van der Waals surface area contributed by atoms with Crippen LogP contribution in [0, 0.1) is 0 Å². The van der Waals surface area contributed by atoms with Crippen LogP contribution in [0.25, 0.3) is 0 Å². The lowest BCUT2D eigenvalue weighted by Crippen LogP contribution is -2.41. The number of aromatic nitrogens is 2. The first kappa shape index (κ1) is 15.0. The van der Waals surface area contributed by atoms with Crippen LogP contribution < -0.4 is 10.9 Å². The van der Waals surface area contributed by atoms with Gasteiger partial charge in [-0.3, -0.25) is 20.4 Å². The first-order chi connectivity index (χ1) is 9.02. The molecule has 2 N–H and O–H groups in total. The van der Waals surface area contributed by atoms with Gasteiger partial charge in [0, 0.05) is 6.92 Å². The summed E-state index contributed by atoms with van der Waals surface area (Å²) in [5.41, 5.74) is 4.29. The summed E-state index contributed by atoms with van der Waals surface area (Å²) in [4.78, 5) is 33.0. The molecule has 0 aliphatic carbocycles. The Morgan fingerprint density at radius 1 is 1.32 bits per heavy atom.